The predicted molar refractivity (Wildman–Crippen MR) is 63.1 cm³/mol. The Morgan fingerprint density at radius 3 is 2.76 bits per heavy atom. The molecule has 1 N–H and O–H groups in total. The normalized spacial score (nSPS) is 11.5. The van der Waals surface area contributed by atoms with E-state index in [0.717, 1.165) is 17.4 Å². The van der Waals surface area contributed by atoms with Crippen molar-refractivity contribution < 1.29 is 9.21 Å². The number of nitrogens with zero attached hydrogens (tertiary/aromatic N) is 3. The predicted octanol–water partition coefficient (Wildman–Crippen LogP) is 2.08. The number of nitrogens with one attached hydrogen (secondary N) is 1. The van der Waals surface area contributed by atoms with Gasteiger partial charge < -0.3 is 4.42 Å². The van der Waals surface area contributed by atoms with E-state index >= 15 is 0 Å². The first-order valence-corrected chi connectivity index (χ1v) is 5.75. The molecule has 0 unspecified atom stereocenters. The molecule has 0 fully saturated rings. The SMILES string of the molecule is CC(C)(C)c1coc(NC(=O)c2cnsn2)n1. The van der Waals surface area contributed by atoms with Crippen LogP contribution < -0.4 is 5.32 Å². The third-order valence-electron chi connectivity index (χ3n) is 2.09. The average molecular weight is 252 g/mol. The van der Waals surface area contributed by atoms with Gasteiger partial charge in [0.25, 0.3) is 5.91 Å². The molecule has 1 amide bonds. The van der Waals surface area contributed by atoms with Crippen molar-refractivity contribution in [3.8, 4) is 0 Å². The van der Waals surface area contributed by atoms with Gasteiger partial charge in [0.15, 0.2) is 5.69 Å². The maximum atomic E-state index is 11.6. The van der Waals surface area contributed by atoms with Gasteiger partial charge in [-0.15, -0.1) is 0 Å². The number of aromatic nitrogens is 3. The van der Waals surface area contributed by atoms with Crippen LogP contribution in [0.3, 0.4) is 0 Å². The number of carbonyl (C=O) groups excluding carboxylic acids is 1. The second-order valence-corrected chi connectivity index (χ2v) is 5.09. The van der Waals surface area contributed by atoms with Crippen LogP contribution in [0.25, 0.3) is 0 Å². The fraction of sp³-hybridized carbons (Fsp3) is 0.400. The van der Waals surface area contributed by atoms with Crippen LogP contribution in [0.15, 0.2) is 16.9 Å². The van der Waals surface area contributed by atoms with E-state index in [0.29, 0.717) is 0 Å². The first-order chi connectivity index (χ1) is 7.97. The van der Waals surface area contributed by atoms with Gasteiger partial charge >= 0.3 is 6.01 Å². The summed E-state index contributed by atoms with van der Waals surface area (Å²) in [6.45, 7) is 6.04. The molecule has 0 saturated heterocycles. The molecule has 17 heavy (non-hydrogen) atoms. The van der Waals surface area contributed by atoms with Gasteiger partial charge in [-0.25, -0.2) is 0 Å². The monoisotopic (exact) mass is 252 g/mol. The molecule has 2 aromatic heterocycles. The van der Waals surface area contributed by atoms with Crippen molar-refractivity contribution in [2.75, 3.05) is 5.32 Å². The van der Waals surface area contributed by atoms with Gasteiger partial charge in [0.2, 0.25) is 0 Å². The zero-order chi connectivity index (χ0) is 12.5. The first-order valence-electron chi connectivity index (χ1n) is 5.02. The Kier molecular flexibility index (Phi) is 2.93. The quantitative estimate of drug-likeness (QED) is 0.884. The highest BCUT2D eigenvalue weighted by molar-refractivity contribution is 6.99. The van der Waals surface area contributed by atoms with E-state index in [-0.39, 0.29) is 23.0 Å². The van der Waals surface area contributed by atoms with Crippen molar-refractivity contribution in [1.29, 1.82) is 0 Å². The number of rotatable bonds is 2. The smallest absolute Gasteiger partial charge is 0.301 e. The lowest BCUT2D eigenvalue weighted by atomic mass is 9.93. The van der Waals surface area contributed by atoms with Crippen molar-refractivity contribution in [1.82, 2.24) is 13.7 Å². The number of anilines is 1. The molecule has 0 aliphatic carbocycles. The molecule has 0 saturated carbocycles. The zero-order valence-corrected chi connectivity index (χ0v) is 10.5. The molecule has 7 heteroatoms. The highest BCUT2D eigenvalue weighted by atomic mass is 32.1. The highest BCUT2D eigenvalue weighted by Gasteiger charge is 2.20. The standard InChI is InChI=1S/C10H12N4O2S/c1-10(2,3)7-5-16-9(12-7)13-8(15)6-4-11-17-14-6/h4-5H,1-3H3,(H,12,13,15). The molecule has 6 nitrogen and oxygen atoms in total. The van der Waals surface area contributed by atoms with Crippen molar-refractivity contribution in [3.63, 3.8) is 0 Å². The van der Waals surface area contributed by atoms with Crippen molar-refractivity contribution >= 4 is 23.7 Å². The van der Waals surface area contributed by atoms with E-state index in [1.807, 2.05) is 20.8 Å². The van der Waals surface area contributed by atoms with Crippen LogP contribution in [0.4, 0.5) is 6.01 Å². The van der Waals surface area contributed by atoms with E-state index < -0.39 is 0 Å². The minimum Gasteiger partial charge on any atom is -0.432 e. The van der Waals surface area contributed by atoms with Crippen LogP contribution in [-0.4, -0.2) is 19.6 Å². The number of hydrogen-bond acceptors (Lipinski definition) is 6. The van der Waals surface area contributed by atoms with Gasteiger partial charge in [0.05, 0.1) is 23.6 Å². The summed E-state index contributed by atoms with van der Waals surface area (Å²) in [5, 5.41) is 2.52. The third-order valence-corrected chi connectivity index (χ3v) is 2.57. The Morgan fingerprint density at radius 1 is 1.47 bits per heavy atom. The number of oxazole rings is 1. The summed E-state index contributed by atoms with van der Waals surface area (Å²) in [5.74, 6) is -0.374. The average Bonchev–Trinajstić information content (AvgIpc) is 2.85. The Morgan fingerprint density at radius 2 is 2.24 bits per heavy atom. The summed E-state index contributed by atoms with van der Waals surface area (Å²) in [5.41, 5.74) is 0.920. The molecule has 0 atom stereocenters. The molecule has 0 bridgehead atoms. The lowest BCUT2D eigenvalue weighted by Crippen LogP contribution is -2.14. The topological polar surface area (TPSA) is 80.9 Å². The van der Waals surface area contributed by atoms with E-state index in [2.05, 4.69) is 19.0 Å². The summed E-state index contributed by atoms with van der Waals surface area (Å²) < 4.78 is 12.7. The molecule has 0 spiro atoms. The lowest BCUT2D eigenvalue weighted by Gasteiger charge is -2.12. The van der Waals surface area contributed by atoms with Crippen LogP contribution in [0.1, 0.15) is 37.0 Å². The fourth-order valence-corrected chi connectivity index (χ4v) is 1.51. The van der Waals surface area contributed by atoms with Crippen LogP contribution in [-0.2, 0) is 5.41 Å². The molecule has 90 valence electrons. The Hall–Kier alpha value is -1.76. The van der Waals surface area contributed by atoms with Crippen LogP contribution in [0.2, 0.25) is 0 Å². The maximum Gasteiger partial charge on any atom is 0.301 e. The minimum absolute atomic E-state index is 0.116. The third kappa shape index (κ3) is 2.68. The largest absolute Gasteiger partial charge is 0.432 e. The molecule has 0 radical (unpaired) electrons. The number of carbonyl (C=O) groups is 1. The van der Waals surface area contributed by atoms with Gasteiger partial charge in [0.1, 0.15) is 6.26 Å². The highest BCUT2D eigenvalue weighted by Crippen LogP contribution is 2.22. The molecule has 0 aliphatic heterocycles. The molecule has 2 aromatic rings. The van der Waals surface area contributed by atoms with Crippen LogP contribution >= 0.6 is 11.7 Å². The van der Waals surface area contributed by atoms with Gasteiger partial charge in [-0.2, -0.15) is 13.7 Å². The lowest BCUT2D eigenvalue weighted by molar-refractivity contribution is 0.102. The minimum atomic E-state index is -0.374. The van der Waals surface area contributed by atoms with Gasteiger partial charge in [-0.05, 0) is 0 Å². The van der Waals surface area contributed by atoms with Crippen molar-refractivity contribution in [2.24, 2.45) is 0 Å². The molecule has 0 aromatic carbocycles. The summed E-state index contributed by atoms with van der Waals surface area (Å²) in [4.78, 5) is 15.8. The van der Waals surface area contributed by atoms with E-state index in [1.54, 1.807) is 0 Å². The van der Waals surface area contributed by atoms with Crippen LogP contribution in [0.5, 0.6) is 0 Å². The second-order valence-electron chi connectivity index (χ2n) is 4.53. The fourth-order valence-electron chi connectivity index (χ4n) is 1.10. The first kappa shape index (κ1) is 11.7. The van der Waals surface area contributed by atoms with Gasteiger partial charge in [-0.1, -0.05) is 20.8 Å². The molecule has 2 rings (SSSR count). The number of amides is 1. The summed E-state index contributed by atoms with van der Waals surface area (Å²) in [6, 6.07) is 0.174. The Labute approximate surface area is 102 Å². The van der Waals surface area contributed by atoms with Crippen molar-refractivity contribution in [3.05, 3.63) is 23.8 Å². The Bertz CT molecular complexity index is 513. The summed E-state index contributed by atoms with van der Waals surface area (Å²) in [6.07, 6.45) is 2.93. The molecule has 0 aliphatic rings. The molecular weight excluding hydrogens is 240 g/mol. The summed E-state index contributed by atoms with van der Waals surface area (Å²) in [7, 11) is 0. The molecule has 2 heterocycles. The van der Waals surface area contributed by atoms with E-state index in [1.165, 1.54) is 12.5 Å². The Balaban J connectivity index is 2.10. The van der Waals surface area contributed by atoms with E-state index in [9.17, 15) is 4.79 Å². The maximum absolute atomic E-state index is 11.6. The summed E-state index contributed by atoms with van der Waals surface area (Å²) >= 11 is 0.976. The van der Waals surface area contributed by atoms with Gasteiger partial charge in [0, 0.05) is 5.41 Å². The van der Waals surface area contributed by atoms with Gasteiger partial charge in [-0.3, -0.25) is 10.1 Å². The second kappa shape index (κ2) is 4.25. The molecular formula is C10H12N4O2S. The van der Waals surface area contributed by atoms with E-state index in [4.69, 9.17) is 4.42 Å². The van der Waals surface area contributed by atoms with Crippen LogP contribution in [0, 0.1) is 0 Å². The number of hydrogen-bond donors (Lipinski definition) is 1. The van der Waals surface area contributed by atoms with Crippen molar-refractivity contribution in [2.45, 2.75) is 26.2 Å². The zero-order valence-electron chi connectivity index (χ0n) is 9.72.